The standard InChI is InChI=1S/C15H15N2.Ir/c1-15(2,3)13-10-17-9-8-16-14(17)12-7-5-4-6-11(12)13;/h4-6,8-10H,1-3H3;/q-1;. The van der Waals surface area contributed by atoms with Crippen LogP contribution in [0.4, 0.5) is 0 Å². The Kier molecular flexibility index (Phi) is 3.31. The molecule has 3 rings (SSSR count). The van der Waals surface area contributed by atoms with Gasteiger partial charge >= 0.3 is 0 Å². The summed E-state index contributed by atoms with van der Waals surface area (Å²) in [4.78, 5) is 4.40. The van der Waals surface area contributed by atoms with Crippen LogP contribution in [0.5, 0.6) is 0 Å². The summed E-state index contributed by atoms with van der Waals surface area (Å²) in [6.45, 7) is 6.70. The van der Waals surface area contributed by atoms with Crippen molar-refractivity contribution in [3.63, 3.8) is 0 Å². The van der Waals surface area contributed by atoms with Crippen LogP contribution < -0.4 is 0 Å². The third-order valence-electron chi connectivity index (χ3n) is 3.11. The fourth-order valence-corrected chi connectivity index (χ4v) is 2.26. The summed E-state index contributed by atoms with van der Waals surface area (Å²) in [7, 11) is 0. The van der Waals surface area contributed by atoms with E-state index >= 15 is 0 Å². The van der Waals surface area contributed by atoms with Crippen LogP contribution in [0.3, 0.4) is 0 Å². The molecule has 0 fully saturated rings. The summed E-state index contributed by atoms with van der Waals surface area (Å²) in [5.74, 6) is 0. The van der Waals surface area contributed by atoms with Gasteiger partial charge in [-0.25, -0.2) is 0 Å². The van der Waals surface area contributed by atoms with Gasteiger partial charge in [-0.15, -0.1) is 29.7 Å². The van der Waals surface area contributed by atoms with E-state index in [1.54, 1.807) is 0 Å². The van der Waals surface area contributed by atoms with Gasteiger partial charge in [-0.1, -0.05) is 31.7 Å². The monoisotopic (exact) mass is 416 g/mol. The van der Waals surface area contributed by atoms with Gasteiger partial charge in [0.1, 0.15) is 0 Å². The van der Waals surface area contributed by atoms with E-state index in [0.717, 1.165) is 11.0 Å². The normalized spacial score (nSPS) is 11.7. The third-order valence-corrected chi connectivity index (χ3v) is 3.11. The van der Waals surface area contributed by atoms with Gasteiger partial charge in [-0.2, -0.15) is 0 Å². The number of aromatic nitrogens is 2. The fraction of sp³-hybridized carbons (Fsp3) is 0.267. The minimum Gasteiger partial charge on any atom is -0.347 e. The van der Waals surface area contributed by atoms with Gasteiger partial charge in [-0.3, -0.25) is 4.98 Å². The quantitative estimate of drug-likeness (QED) is 0.513. The van der Waals surface area contributed by atoms with Gasteiger partial charge in [0.25, 0.3) is 0 Å². The van der Waals surface area contributed by atoms with Gasteiger partial charge in [0.2, 0.25) is 0 Å². The van der Waals surface area contributed by atoms with Crippen LogP contribution >= 0.6 is 0 Å². The van der Waals surface area contributed by atoms with Crippen LogP contribution in [0.15, 0.2) is 36.8 Å². The van der Waals surface area contributed by atoms with Crippen LogP contribution in [0, 0.1) is 6.07 Å². The number of pyridine rings is 1. The Morgan fingerprint density at radius 1 is 1.28 bits per heavy atom. The molecular weight excluding hydrogens is 400 g/mol. The van der Waals surface area contributed by atoms with E-state index in [4.69, 9.17) is 0 Å². The Morgan fingerprint density at radius 2 is 2.06 bits per heavy atom. The number of fused-ring (bicyclic) bond motifs is 3. The first kappa shape index (κ1) is 13.3. The molecule has 0 spiro atoms. The summed E-state index contributed by atoms with van der Waals surface area (Å²) >= 11 is 0. The maximum atomic E-state index is 4.40. The second-order valence-electron chi connectivity index (χ2n) is 5.41. The van der Waals surface area contributed by atoms with Gasteiger partial charge in [-0.05, 0) is 11.6 Å². The van der Waals surface area contributed by atoms with Crippen LogP contribution in [0.25, 0.3) is 16.4 Å². The number of hydrogen-bond acceptors (Lipinski definition) is 1. The second-order valence-corrected chi connectivity index (χ2v) is 5.41. The van der Waals surface area contributed by atoms with Crippen molar-refractivity contribution in [2.24, 2.45) is 0 Å². The van der Waals surface area contributed by atoms with Crippen LogP contribution in [0.1, 0.15) is 26.3 Å². The average Bonchev–Trinajstić information content (AvgIpc) is 2.74. The first-order chi connectivity index (χ1) is 8.07. The minimum absolute atomic E-state index is 0. The van der Waals surface area contributed by atoms with Crippen molar-refractivity contribution in [3.05, 3.63) is 48.4 Å². The summed E-state index contributed by atoms with van der Waals surface area (Å²) in [6, 6.07) is 9.45. The molecule has 0 N–H and O–H groups in total. The predicted octanol–water partition coefficient (Wildman–Crippen LogP) is 3.58. The Balaban J connectivity index is 0.00000120. The molecule has 18 heavy (non-hydrogen) atoms. The molecule has 2 nitrogen and oxygen atoms in total. The molecule has 2 aromatic heterocycles. The van der Waals surface area contributed by atoms with Crippen LogP contribution in [-0.2, 0) is 25.5 Å². The number of nitrogens with zero attached hydrogens (tertiary/aromatic N) is 2. The molecule has 0 bridgehead atoms. The largest absolute Gasteiger partial charge is 0.347 e. The van der Waals surface area contributed by atoms with E-state index < -0.39 is 0 Å². The Bertz CT molecular complexity index is 692. The Labute approximate surface area is 120 Å². The zero-order valence-electron chi connectivity index (χ0n) is 10.7. The molecule has 0 unspecified atom stereocenters. The maximum Gasteiger partial charge on any atom is 0.0603 e. The van der Waals surface area contributed by atoms with E-state index in [1.807, 2.05) is 24.5 Å². The minimum atomic E-state index is 0. The molecule has 0 aliphatic heterocycles. The van der Waals surface area contributed by atoms with Gasteiger partial charge in [0.05, 0.1) is 5.65 Å². The van der Waals surface area contributed by atoms with Crippen molar-refractivity contribution >= 4 is 16.4 Å². The van der Waals surface area contributed by atoms with Crippen molar-refractivity contribution in [3.8, 4) is 0 Å². The molecule has 0 atom stereocenters. The summed E-state index contributed by atoms with van der Waals surface area (Å²) in [5, 5.41) is 2.35. The zero-order chi connectivity index (χ0) is 12.0. The summed E-state index contributed by atoms with van der Waals surface area (Å²) < 4.78 is 2.08. The first-order valence-corrected chi connectivity index (χ1v) is 5.84. The number of benzene rings is 1. The second kappa shape index (κ2) is 4.49. The summed E-state index contributed by atoms with van der Waals surface area (Å²) in [5.41, 5.74) is 2.43. The average molecular weight is 416 g/mol. The molecule has 0 aliphatic rings. The predicted molar refractivity (Wildman–Crippen MR) is 70.2 cm³/mol. The molecule has 0 aliphatic carbocycles. The van der Waals surface area contributed by atoms with Crippen molar-refractivity contribution in [2.45, 2.75) is 26.2 Å². The van der Waals surface area contributed by atoms with E-state index in [9.17, 15) is 0 Å². The zero-order valence-corrected chi connectivity index (χ0v) is 13.1. The Hall–Kier alpha value is -1.18. The van der Waals surface area contributed by atoms with Gasteiger partial charge in [0.15, 0.2) is 0 Å². The van der Waals surface area contributed by atoms with Crippen molar-refractivity contribution < 1.29 is 20.1 Å². The van der Waals surface area contributed by atoms with Crippen LogP contribution in [0.2, 0.25) is 0 Å². The van der Waals surface area contributed by atoms with Crippen molar-refractivity contribution in [1.82, 2.24) is 9.38 Å². The molecule has 1 aromatic carbocycles. The van der Waals surface area contributed by atoms with Gasteiger partial charge < -0.3 is 4.40 Å². The number of imidazole rings is 1. The number of rotatable bonds is 0. The van der Waals surface area contributed by atoms with E-state index in [-0.39, 0.29) is 25.5 Å². The van der Waals surface area contributed by atoms with E-state index in [1.165, 1.54) is 10.9 Å². The molecule has 0 saturated carbocycles. The third kappa shape index (κ3) is 1.98. The molecule has 2 heterocycles. The molecule has 95 valence electrons. The van der Waals surface area contributed by atoms with Crippen molar-refractivity contribution in [1.29, 1.82) is 0 Å². The topological polar surface area (TPSA) is 17.3 Å². The SMILES string of the molecule is CC(C)(C)c1cn2ccnc2c2[c-]cccc12.[Ir]. The molecule has 3 aromatic rings. The smallest absolute Gasteiger partial charge is 0.0603 e. The number of hydrogen-bond donors (Lipinski definition) is 0. The van der Waals surface area contributed by atoms with Gasteiger partial charge in [0, 0.05) is 32.5 Å². The summed E-state index contributed by atoms with van der Waals surface area (Å²) in [6.07, 6.45) is 6.01. The molecule has 1 radical (unpaired) electrons. The van der Waals surface area contributed by atoms with E-state index in [0.29, 0.717) is 0 Å². The molecule has 3 heteroatoms. The first-order valence-electron chi connectivity index (χ1n) is 5.84. The maximum absolute atomic E-state index is 4.40. The fourth-order valence-electron chi connectivity index (χ4n) is 2.26. The van der Waals surface area contributed by atoms with Crippen molar-refractivity contribution in [2.75, 3.05) is 0 Å². The molecule has 0 saturated heterocycles. The molecular formula is C15H15IrN2-. The molecule has 0 amide bonds. The van der Waals surface area contributed by atoms with Crippen LogP contribution in [-0.4, -0.2) is 9.38 Å². The Morgan fingerprint density at radius 3 is 2.78 bits per heavy atom. The van der Waals surface area contributed by atoms with E-state index in [2.05, 4.69) is 48.5 Å².